The van der Waals surface area contributed by atoms with Crippen LogP contribution in [0.1, 0.15) is 48.2 Å². The predicted octanol–water partition coefficient (Wildman–Crippen LogP) is 6.32. The minimum Gasteiger partial charge on any atom is -0.478 e. The zero-order valence-corrected chi connectivity index (χ0v) is 24.3. The third kappa shape index (κ3) is 3.51. The second-order valence-electron chi connectivity index (χ2n) is 12.3. The summed E-state index contributed by atoms with van der Waals surface area (Å²) < 4.78 is 2.14. The number of Topliss-reactive ketones (excluding diaryl/α,β-unsaturated/α-hetero) is 1. The van der Waals surface area contributed by atoms with Gasteiger partial charge in [-0.05, 0) is 65.2 Å². The van der Waals surface area contributed by atoms with Gasteiger partial charge in [0, 0.05) is 47.6 Å². The summed E-state index contributed by atoms with van der Waals surface area (Å²) in [4.78, 5) is 27.1. The minimum atomic E-state index is -0.952. The number of aliphatic hydroxyl groups is 1. The van der Waals surface area contributed by atoms with E-state index in [0.717, 1.165) is 39.1 Å². The number of likely N-dealkylation sites (N-methyl/N-ethyl adjacent to an activating group) is 1. The molecule has 2 aliphatic heterocycles. The molecule has 0 radical (unpaired) electrons. The number of aliphatic hydroxyl groups excluding tert-OH is 1. The number of carbonyl (C=O) groups excluding carboxylic acids is 1. The predicted molar refractivity (Wildman–Crippen MR) is 166 cm³/mol. The van der Waals surface area contributed by atoms with Gasteiger partial charge in [0.05, 0.1) is 23.0 Å². The highest BCUT2D eigenvalue weighted by Gasteiger charge is 2.49. The Labute approximate surface area is 244 Å². The highest BCUT2D eigenvalue weighted by atomic mass is 16.4. The van der Waals surface area contributed by atoms with Crippen molar-refractivity contribution in [2.75, 3.05) is 19.0 Å². The first-order valence-electron chi connectivity index (χ1n) is 14.3. The fourth-order valence-corrected chi connectivity index (χ4v) is 7.44. The summed E-state index contributed by atoms with van der Waals surface area (Å²) in [5.41, 5.74) is 6.79. The van der Waals surface area contributed by atoms with Crippen molar-refractivity contribution in [2.24, 2.45) is 5.92 Å². The van der Waals surface area contributed by atoms with Crippen LogP contribution >= 0.6 is 0 Å². The molecule has 0 bridgehead atoms. The number of carboxylic acid groups (broad SMARTS) is 1. The molecular weight excluding hydrogens is 524 g/mol. The normalized spacial score (nSPS) is 24.6. The number of nitrogens with zero attached hydrogens (tertiary/aromatic N) is 2. The molecule has 3 atom stereocenters. The van der Waals surface area contributed by atoms with Crippen LogP contribution in [0, 0.1) is 5.92 Å². The maximum absolute atomic E-state index is 13.6. The number of anilines is 1. The molecule has 3 aliphatic rings. The molecule has 2 heterocycles. The lowest BCUT2D eigenvalue weighted by atomic mass is 9.71. The molecule has 0 spiro atoms. The molecule has 7 rings (SSSR count). The van der Waals surface area contributed by atoms with Gasteiger partial charge in [0.2, 0.25) is 5.69 Å². The molecule has 0 amide bonds. The quantitative estimate of drug-likeness (QED) is 0.228. The number of carboxylic acids is 1. The Morgan fingerprint density at radius 2 is 1.74 bits per heavy atom. The van der Waals surface area contributed by atoms with Crippen LogP contribution in [0.2, 0.25) is 0 Å². The Balaban J connectivity index is 1.21. The molecule has 210 valence electrons. The minimum absolute atomic E-state index is 0.0190. The van der Waals surface area contributed by atoms with E-state index in [9.17, 15) is 19.8 Å². The van der Waals surface area contributed by atoms with E-state index in [1.54, 1.807) is 12.1 Å². The molecule has 3 unspecified atom stereocenters. The Hall–Kier alpha value is -4.55. The van der Waals surface area contributed by atoms with E-state index in [4.69, 9.17) is 0 Å². The number of benzene rings is 4. The van der Waals surface area contributed by atoms with Crippen LogP contribution in [0.5, 0.6) is 0 Å². The maximum atomic E-state index is 13.6. The van der Waals surface area contributed by atoms with E-state index in [2.05, 4.69) is 60.6 Å². The monoisotopic (exact) mass is 557 g/mol. The van der Waals surface area contributed by atoms with Crippen molar-refractivity contribution in [3.8, 4) is 0 Å². The lowest BCUT2D eigenvalue weighted by molar-refractivity contribution is -0.401. The number of fused-ring (bicyclic) bond motifs is 6. The van der Waals surface area contributed by atoms with Gasteiger partial charge in [-0.3, -0.25) is 4.79 Å². The summed E-state index contributed by atoms with van der Waals surface area (Å²) in [6, 6.07) is 21.8. The molecular formula is C36H33N2O4+. The van der Waals surface area contributed by atoms with E-state index in [1.165, 1.54) is 16.3 Å². The van der Waals surface area contributed by atoms with Gasteiger partial charge in [-0.1, -0.05) is 49.4 Å². The molecule has 2 N–H and O–H groups in total. The summed E-state index contributed by atoms with van der Waals surface area (Å²) >= 11 is 0. The van der Waals surface area contributed by atoms with Crippen molar-refractivity contribution in [3.63, 3.8) is 0 Å². The molecule has 6 nitrogen and oxygen atoms in total. The number of rotatable bonds is 3. The summed E-state index contributed by atoms with van der Waals surface area (Å²) in [5, 5.41) is 25.0. The van der Waals surface area contributed by atoms with Crippen molar-refractivity contribution < 1.29 is 24.4 Å². The Morgan fingerprint density at radius 1 is 1.00 bits per heavy atom. The first-order chi connectivity index (χ1) is 20.0. The Morgan fingerprint density at radius 3 is 2.48 bits per heavy atom. The number of ketones is 1. The third-order valence-electron chi connectivity index (χ3n) is 9.69. The van der Waals surface area contributed by atoms with E-state index < -0.39 is 18.0 Å². The second-order valence-corrected chi connectivity index (χ2v) is 12.3. The maximum Gasteiger partial charge on any atom is 0.335 e. The van der Waals surface area contributed by atoms with Gasteiger partial charge in [-0.25, -0.2) is 4.79 Å². The number of hydrogen-bond donors (Lipinski definition) is 2. The molecule has 0 aromatic heterocycles. The van der Waals surface area contributed by atoms with Crippen molar-refractivity contribution in [3.05, 3.63) is 107 Å². The average Bonchev–Trinajstić information content (AvgIpc) is 3.34. The lowest BCUT2D eigenvalue weighted by Crippen LogP contribution is -2.45. The molecule has 0 saturated heterocycles. The zero-order valence-electron chi connectivity index (χ0n) is 24.3. The Bertz CT molecular complexity index is 1980. The SMILES string of the molecule is CC1C(=CC2C(=O)C(=CC3=[N+](C)c4ccc5ccccc5c4C3(C)C)C2O)N(C)c2ccc3cc(C(=O)O)ccc3c21. The molecule has 1 saturated carbocycles. The van der Waals surface area contributed by atoms with Gasteiger partial charge in [-0.2, -0.15) is 4.58 Å². The van der Waals surface area contributed by atoms with Crippen molar-refractivity contribution >= 4 is 50.4 Å². The van der Waals surface area contributed by atoms with E-state index >= 15 is 0 Å². The van der Waals surface area contributed by atoms with Gasteiger partial charge in [0.1, 0.15) is 7.05 Å². The van der Waals surface area contributed by atoms with E-state index in [0.29, 0.717) is 5.57 Å². The lowest BCUT2D eigenvalue weighted by Gasteiger charge is -2.33. The van der Waals surface area contributed by atoms with Gasteiger partial charge in [0.25, 0.3) is 0 Å². The second kappa shape index (κ2) is 8.97. The molecule has 1 fully saturated rings. The fourth-order valence-electron chi connectivity index (χ4n) is 7.44. The van der Waals surface area contributed by atoms with E-state index in [1.807, 2.05) is 50.5 Å². The summed E-state index contributed by atoms with van der Waals surface area (Å²) in [6.45, 7) is 6.46. The molecule has 6 heteroatoms. The number of aromatic carboxylic acids is 1. The Kier molecular flexibility index (Phi) is 5.63. The van der Waals surface area contributed by atoms with E-state index in [-0.39, 0.29) is 22.7 Å². The summed E-state index contributed by atoms with van der Waals surface area (Å²) in [7, 11) is 4.01. The van der Waals surface area contributed by atoms with Crippen molar-refractivity contribution in [2.45, 2.75) is 38.2 Å². The number of allylic oxidation sites excluding steroid dienone is 2. The van der Waals surface area contributed by atoms with Crippen LogP contribution in [0.15, 0.2) is 90.2 Å². The summed E-state index contributed by atoms with van der Waals surface area (Å²) in [5.74, 6) is -1.64. The number of hydrogen-bond acceptors (Lipinski definition) is 4. The van der Waals surface area contributed by atoms with Crippen LogP contribution in [-0.2, 0) is 10.2 Å². The van der Waals surface area contributed by atoms with Gasteiger partial charge in [0.15, 0.2) is 11.5 Å². The highest BCUT2D eigenvalue weighted by molar-refractivity contribution is 6.15. The van der Waals surface area contributed by atoms with Crippen LogP contribution in [0.25, 0.3) is 21.5 Å². The van der Waals surface area contributed by atoms with Gasteiger partial charge >= 0.3 is 5.97 Å². The topological polar surface area (TPSA) is 80.9 Å². The van der Waals surface area contributed by atoms with Gasteiger partial charge in [-0.15, -0.1) is 0 Å². The molecule has 4 aromatic carbocycles. The standard InChI is InChI=1S/C36H32N2O4/c1-19-29(37(4)27-14-12-21-16-22(35(41)42)10-13-23(21)31(19)27)17-25-33(39)26(34(25)40)18-30-36(2,3)32-24-9-7-6-8-20(24)11-15-28(32)38(30)5/h6-19,25,33,39H,1-5H3/p+1. The highest BCUT2D eigenvalue weighted by Crippen LogP contribution is 2.48. The average molecular weight is 558 g/mol. The zero-order chi connectivity index (χ0) is 29.7. The fraction of sp³-hybridized carbons (Fsp3) is 0.250. The summed E-state index contributed by atoms with van der Waals surface area (Å²) in [6.07, 6.45) is 2.94. The van der Waals surface area contributed by atoms with Crippen LogP contribution in [0.4, 0.5) is 11.4 Å². The molecule has 4 aromatic rings. The van der Waals surface area contributed by atoms with Crippen molar-refractivity contribution in [1.82, 2.24) is 0 Å². The van der Waals surface area contributed by atoms with Crippen LogP contribution in [0.3, 0.4) is 0 Å². The molecule has 1 aliphatic carbocycles. The number of carbonyl (C=O) groups is 2. The third-order valence-corrected chi connectivity index (χ3v) is 9.69. The molecule has 42 heavy (non-hydrogen) atoms. The van der Waals surface area contributed by atoms with Crippen LogP contribution in [-0.4, -0.2) is 52.5 Å². The first kappa shape index (κ1) is 26.4. The van der Waals surface area contributed by atoms with Gasteiger partial charge < -0.3 is 15.1 Å². The van der Waals surface area contributed by atoms with Crippen LogP contribution < -0.4 is 4.90 Å². The van der Waals surface area contributed by atoms with Crippen molar-refractivity contribution in [1.29, 1.82) is 0 Å². The smallest absolute Gasteiger partial charge is 0.335 e. The first-order valence-corrected chi connectivity index (χ1v) is 14.3. The largest absolute Gasteiger partial charge is 0.478 e.